The van der Waals surface area contributed by atoms with Crippen molar-refractivity contribution in [3.63, 3.8) is 0 Å². The minimum atomic E-state index is -0.107. The van der Waals surface area contributed by atoms with Crippen LogP contribution in [-0.4, -0.2) is 12.5 Å². The number of aryl methyl sites for hydroxylation is 2. The molecular formula is C17H28N2O. The second-order valence-corrected chi connectivity index (χ2v) is 5.71. The van der Waals surface area contributed by atoms with Gasteiger partial charge in [-0.3, -0.25) is 4.79 Å². The van der Waals surface area contributed by atoms with E-state index in [0.717, 1.165) is 24.9 Å². The van der Waals surface area contributed by atoms with Crippen LogP contribution in [0, 0.1) is 11.8 Å². The van der Waals surface area contributed by atoms with Crippen molar-refractivity contribution in [1.29, 1.82) is 0 Å². The van der Waals surface area contributed by atoms with Crippen LogP contribution in [0.4, 0.5) is 5.69 Å². The zero-order chi connectivity index (χ0) is 15.1. The molecule has 112 valence electrons. The Kier molecular flexibility index (Phi) is 6.73. The Morgan fingerprint density at radius 1 is 1.20 bits per heavy atom. The minimum Gasteiger partial charge on any atom is -0.330 e. The highest BCUT2D eigenvalue weighted by Gasteiger charge is 2.20. The van der Waals surface area contributed by atoms with E-state index in [0.29, 0.717) is 12.5 Å². The summed E-state index contributed by atoms with van der Waals surface area (Å²) in [6.07, 6.45) is 2.67. The Morgan fingerprint density at radius 2 is 1.75 bits per heavy atom. The van der Waals surface area contributed by atoms with Crippen LogP contribution in [0.2, 0.25) is 0 Å². The molecule has 0 radical (unpaired) electrons. The second kappa shape index (κ2) is 8.05. The standard InChI is InChI=1S/C17H28N2O/c1-5-13-8-7-9-14(6-2)16(13)19-17(20)15(11-18)10-12(3)4/h7-9,12,15H,5-6,10-11,18H2,1-4H3,(H,19,20). The van der Waals surface area contributed by atoms with Crippen LogP contribution in [0.1, 0.15) is 45.2 Å². The molecule has 0 spiro atoms. The molecule has 0 heterocycles. The number of anilines is 1. The lowest BCUT2D eigenvalue weighted by atomic mass is 9.95. The molecule has 0 aliphatic heterocycles. The summed E-state index contributed by atoms with van der Waals surface area (Å²) < 4.78 is 0. The predicted octanol–water partition coefficient (Wildman–Crippen LogP) is 3.37. The Hall–Kier alpha value is -1.35. The maximum atomic E-state index is 12.4. The van der Waals surface area contributed by atoms with Crippen molar-refractivity contribution < 1.29 is 4.79 Å². The van der Waals surface area contributed by atoms with Crippen LogP contribution in [0.15, 0.2) is 18.2 Å². The van der Waals surface area contributed by atoms with Gasteiger partial charge in [0, 0.05) is 12.2 Å². The smallest absolute Gasteiger partial charge is 0.228 e. The zero-order valence-corrected chi connectivity index (χ0v) is 13.2. The van der Waals surface area contributed by atoms with Gasteiger partial charge in [-0.25, -0.2) is 0 Å². The number of carbonyl (C=O) groups is 1. The summed E-state index contributed by atoms with van der Waals surface area (Å²) in [6, 6.07) is 6.21. The Morgan fingerprint density at radius 3 is 2.15 bits per heavy atom. The molecule has 0 saturated carbocycles. The fraction of sp³-hybridized carbons (Fsp3) is 0.588. The number of hydrogen-bond donors (Lipinski definition) is 2. The Labute approximate surface area is 122 Å². The number of amides is 1. The topological polar surface area (TPSA) is 55.1 Å². The number of rotatable bonds is 7. The van der Waals surface area contributed by atoms with Gasteiger partial charge in [0.2, 0.25) is 5.91 Å². The van der Waals surface area contributed by atoms with Crippen molar-refractivity contribution in [2.24, 2.45) is 17.6 Å². The number of nitrogens with one attached hydrogen (secondary N) is 1. The quantitative estimate of drug-likeness (QED) is 0.802. The molecule has 3 nitrogen and oxygen atoms in total. The fourth-order valence-corrected chi connectivity index (χ4v) is 2.51. The highest BCUT2D eigenvalue weighted by molar-refractivity contribution is 5.94. The normalized spacial score (nSPS) is 12.5. The molecule has 1 amide bonds. The summed E-state index contributed by atoms with van der Waals surface area (Å²) in [5.74, 6) is 0.419. The van der Waals surface area contributed by atoms with Gasteiger partial charge >= 0.3 is 0 Å². The minimum absolute atomic E-state index is 0.0526. The third kappa shape index (κ3) is 4.34. The van der Waals surface area contributed by atoms with Crippen molar-refractivity contribution in [3.8, 4) is 0 Å². The summed E-state index contributed by atoms with van der Waals surface area (Å²) in [5, 5.41) is 3.12. The van der Waals surface area contributed by atoms with E-state index in [2.05, 4.69) is 51.2 Å². The maximum Gasteiger partial charge on any atom is 0.228 e. The summed E-state index contributed by atoms with van der Waals surface area (Å²) in [5.41, 5.74) is 9.13. The van der Waals surface area contributed by atoms with E-state index >= 15 is 0 Å². The van der Waals surface area contributed by atoms with Crippen molar-refractivity contribution in [1.82, 2.24) is 0 Å². The predicted molar refractivity (Wildman–Crippen MR) is 85.8 cm³/mol. The molecule has 1 aromatic rings. The third-order valence-electron chi connectivity index (χ3n) is 3.66. The van der Waals surface area contributed by atoms with Gasteiger partial charge in [-0.05, 0) is 36.3 Å². The largest absolute Gasteiger partial charge is 0.330 e. The Balaban J connectivity index is 2.93. The molecule has 1 atom stereocenters. The van der Waals surface area contributed by atoms with E-state index in [1.165, 1.54) is 11.1 Å². The van der Waals surface area contributed by atoms with Crippen molar-refractivity contribution in [2.45, 2.75) is 47.0 Å². The first kappa shape index (κ1) is 16.7. The van der Waals surface area contributed by atoms with Crippen molar-refractivity contribution in [2.75, 3.05) is 11.9 Å². The first-order valence-corrected chi connectivity index (χ1v) is 7.65. The van der Waals surface area contributed by atoms with Crippen LogP contribution in [0.3, 0.4) is 0 Å². The van der Waals surface area contributed by atoms with Crippen LogP contribution in [0.25, 0.3) is 0 Å². The van der Waals surface area contributed by atoms with Gasteiger partial charge in [-0.1, -0.05) is 45.9 Å². The highest BCUT2D eigenvalue weighted by Crippen LogP contribution is 2.24. The van der Waals surface area contributed by atoms with Gasteiger partial charge in [0.15, 0.2) is 0 Å². The molecule has 3 N–H and O–H groups in total. The number of para-hydroxylation sites is 1. The van der Waals surface area contributed by atoms with Crippen LogP contribution < -0.4 is 11.1 Å². The molecular weight excluding hydrogens is 248 g/mol. The molecule has 0 fully saturated rings. The second-order valence-electron chi connectivity index (χ2n) is 5.71. The van der Waals surface area contributed by atoms with Crippen LogP contribution in [-0.2, 0) is 17.6 Å². The third-order valence-corrected chi connectivity index (χ3v) is 3.66. The van der Waals surface area contributed by atoms with Crippen LogP contribution >= 0.6 is 0 Å². The van der Waals surface area contributed by atoms with E-state index in [1.807, 2.05) is 0 Å². The van der Waals surface area contributed by atoms with E-state index in [4.69, 9.17) is 5.73 Å². The van der Waals surface area contributed by atoms with Gasteiger partial charge in [0.25, 0.3) is 0 Å². The number of benzene rings is 1. The van der Waals surface area contributed by atoms with Crippen molar-refractivity contribution >= 4 is 11.6 Å². The number of carbonyl (C=O) groups excluding carboxylic acids is 1. The fourth-order valence-electron chi connectivity index (χ4n) is 2.51. The van der Waals surface area contributed by atoms with Gasteiger partial charge < -0.3 is 11.1 Å². The number of nitrogens with two attached hydrogens (primary N) is 1. The molecule has 1 unspecified atom stereocenters. The number of hydrogen-bond acceptors (Lipinski definition) is 2. The van der Waals surface area contributed by atoms with E-state index in [1.54, 1.807) is 0 Å². The van der Waals surface area contributed by atoms with Gasteiger partial charge in [-0.15, -0.1) is 0 Å². The lowest BCUT2D eigenvalue weighted by molar-refractivity contribution is -0.120. The van der Waals surface area contributed by atoms with E-state index in [-0.39, 0.29) is 11.8 Å². The van der Waals surface area contributed by atoms with E-state index < -0.39 is 0 Å². The summed E-state index contributed by atoms with van der Waals surface area (Å²) in [7, 11) is 0. The van der Waals surface area contributed by atoms with Gasteiger partial charge in [-0.2, -0.15) is 0 Å². The average molecular weight is 276 g/mol. The van der Waals surface area contributed by atoms with Gasteiger partial charge in [0.1, 0.15) is 0 Å². The maximum absolute atomic E-state index is 12.4. The monoisotopic (exact) mass is 276 g/mol. The SMILES string of the molecule is CCc1cccc(CC)c1NC(=O)C(CN)CC(C)C. The molecule has 1 aromatic carbocycles. The molecule has 3 heteroatoms. The summed E-state index contributed by atoms with van der Waals surface area (Å²) >= 11 is 0. The molecule has 0 aliphatic carbocycles. The van der Waals surface area contributed by atoms with Gasteiger partial charge in [0.05, 0.1) is 5.92 Å². The summed E-state index contributed by atoms with van der Waals surface area (Å²) in [6.45, 7) is 8.86. The first-order chi connectivity index (χ1) is 9.53. The lowest BCUT2D eigenvalue weighted by Gasteiger charge is -2.20. The van der Waals surface area contributed by atoms with Crippen molar-refractivity contribution in [3.05, 3.63) is 29.3 Å². The molecule has 0 bridgehead atoms. The van der Waals surface area contributed by atoms with Crippen LogP contribution in [0.5, 0.6) is 0 Å². The zero-order valence-electron chi connectivity index (χ0n) is 13.2. The summed E-state index contributed by atoms with van der Waals surface area (Å²) in [4.78, 5) is 12.4. The van der Waals surface area contributed by atoms with E-state index in [9.17, 15) is 4.79 Å². The Bertz CT molecular complexity index is 418. The molecule has 20 heavy (non-hydrogen) atoms. The average Bonchev–Trinajstić information content (AvgIpc) is 2.44. The first-order valence-electron chi connectivity index (χ1n) is 7.65. The highest BCUT2D eigenvalue weighted by atomic mass is 16.1. The molecule has 0 aromatic heterocycles. The lowest BCUT2D eigenvalue weighted by Crippen LogP contribution is -2.31. The molecule has 0 aliphatic rings. The molecule has 1 rings (SSSR count). The molecule has 0 saturated heterocycles.